The van der Waals surface area contributed by atoms with Gasteiger partial charge >= 0.3 is 0 Å². The number of hydrogen-bond acceptors (Lipinski definition) is 7. The third-order valence-corrected chi connectivity index (χ3v) is 1.72. The van der Waals surface area contributed by atoms with Gasteiger partial charge < -0.3 is 0 Å². The topological polar surface area (TPSA) is 90.5 Å². The van der Waals surface area contributed by atoms with Crippen LogP contribution in [-0.2, 0) is 0 Å². The standard InChI is InChI=1S/C6H2N6O/c1-2-4-6(10-13-9-4)5-3(1)7-11-12-8-5/h1-2H. The highest BCUT2D eigenvalue weighted by Crippen LogP contribution is 2.16. The Labute approximate surface area is 70.7 Å². The molecule has 3 aromatic rings. The maximum Gasteiger partial charge on any atom is 0.165 e. The van der Waals surface area contributed by atoms with E-state index in [1.807, 2.05) is 0 Å². The molecule has 0 aliphatic rings. The van der Waals surface area contributed by atoms with Gasteiger partial charge in [-0.15, -0.1) is 10.2 Å². The summed E-state index contributed by atoms with van der Waals surface area (Å²) in [4.78, 5) is 0. The number of benzene rings is 1. The van der Waals surface area contributed by atoms with Gasteiger partial charge in [0.1, 0.15) is 16.6 Å². The van der Waals surface area contributed by atoms with Crippen molar-refractivity contribution in [1.82, 2.24) is 30.9 Å². The molecular weight excluding hydrogens is 172 g/mol. The smallest absolute Gasteiger partial charge is 0.165 e. The van der Waals surface area contributed by atoms with Crippen LogP contribution in [0, 0.1) is 0 Å². The first-order valence-electron chi connectivity index (χ1n) is 3.52. The summed E-state index contributed by atoms with van der Waals surface area (Å²) in [5, 5.41) is 21.8. The molecule has 62 valence electrons. The van der Waals surface area contributed by atoms with Gasteiger partial charge in [0.05, 0.1) is 0 Å². The van der Waals surface area contributed by atoms with Gasteiger partial charge in [0.15, 0.2) is 5.52 Å². The number of fused-ring (bicyclic) bond motifs is 3. The maximum atomic E-state index is 4.56. The fourth-order valence-corrected chi connectivity index (χ4v) is 1.14. The highest BCUT2D eigenvalue weighted by molar-refractivity contribution is 5.98. The van der Waals surface area contributed by atoms with Crippen molar-refractivity contribution in [2.75, 3.05) is 0 Å². The average molecular weight is 174 g/mol. The van der Waals surface area contributed by atoms with Gasteiger partial charge in [-0.3, -0.25) is 0 Å². The molecule has 0 aliphatic carbocycles. The lowest BCUT2D eigenvalue weighted by Crippen LogP contribution is -1.92. The quantitative estimate of drug-likeness (QED) is 0.472. The average Bonchev–Trinajstić information content (AvgIpc) is 2.65. The molecule has 0 bridgehead atoms. The van der Waals surface area contributed by atoms with Crippen LogP contribution in [0.5, 0.6) is 0 Å². The van der Waals surface area contributed by atoms with Gasteiger partial charge in [-0.2, -0.15) is 0 Å². The van der Waals surface area contributed by atoms with E-state index in [-0.39, 0.29) is 0 Å². The third-order valence-electron chi connectivity index (χ3n) is 1.72. The molecule has 0 radical (unpaired) electrons. The molecule has 3 rings (SSSR count). The summed E-state index contributed by atoms with van der Waals surface area (Å²) in [5.74, 6) is 0. The Morgan fingerprint density at radius 3 is 2.69 bits per heavy atom. The summed E-state index contributed by atoms with van der Waals surface area (Å²) in [6.45, 7) is 0. The molecule has 13 heavy (non-hydrogen) atoms. The van der Waals surface area contributed by atoms with Crippen molar-refractivity contribution in [1.29, 1.82) is 0 Å². The van der Waals surface area contributed by atoms with E-state index in [0.717, 1.165) is 0 Å². The SMILES string of the molecule is c1cc2nonc2c2nnnnc12. The number of aromatic nitrogens is 6. The molecular formula is C6H2N6O. The summed E-state index contributed by atoms with van der Waals surface area (Å²) < 4.78 is 4.56. The summed E-state index contributed by atoms with van der Waals surface area (Å²) in [6, 6.07) is 3.48. The van der Waals surface area contributed by atoms with Gasteiger partial charge in [-0.1, -0.05) is 0 Å². The van der Waals surface area contributed by atoms with E-state index in [0.29, 0.717) is 22.1 Å². The molecule has 0 N–H and O–H groups in total. The zero-order chi connectivity index (χ0) is 8.67. The Morgan fingerprint density at radius 2 is 1.69 bits per heavy atom. The summed E-state index contributed by atoms with van der Waals surface area (Å²) in [5.41, 5.74) is 2.36. The lowest BCUT2D eigenvalue weighted by Gasteiger charge is -1.89. The molecule has 0 amide bonds. The predicted molar refractivity (Wildman–Crippen MR) is 40.5 cm³/mol. The van der Waals surface area contributed by atoms with Crippen molar-refractivity contribution in [2.24, 2.45) is 0 Å². The van der Waals surface area contributed by atoms with E-state index < -0.39 is 0 Å². The van der Waals surface area contributed by atoms with Crippen LogP contribution >= 0.6 is 0 Å². The van der Waals surface area contributed by atoms with Crippen molar-refractivity contribution >= 4 is 22.1 Å². The van der Waals surface area contributed by atoms with Crippen LogP contribution in [0.2, 0.25) is 0 Å². The van der Waals surface area contributed by atoms with Crippen LogP contribution in [0.3, 0.4) is 0 Å². The minimum absolute atomic E-state index is 0.550. The second kappa shape index (κ2) is 2.16. The molecule has 0 saturated carbocycles. The van der Waals surface area contributed by atoms with Gasteiger partial charge in [-0.05, 0) is 32.9 Å². The van der Waals surface area contributed by atoms with E-state index >= 15 is 0 Å². The second-order valence-electron chi connectivity index (χ2n) is 2.44. The minimum atomic E-state index is 0.550. The summed E-state index contributed by atoms with van der Waals surface area (Å²) in [7, 11) is 0. The Bertz CT molecular complexity index is 575. The van der Waals surface area contributed by atoms with E-state index in [4.69, 9.17) is 0 Å². The predicted octanol–water partition coefficient (Wildman–Crippen LogP) is -0.0440. The number of nitrogens with zero attached hydrogens (tertiary/aromatic N) is 6. The van der Waals surface area contributed by atoms with Crippen molar-refractivity contribution in [3.63, 3.8) is 0 Å². The van der Waals surface area contributed by atoms with Crippen LogP contribution < -0.4 is 0 Å². The lowest BCUT2D eigenvalue weighted by molar-refractivity contribution is 0.315. The summed E-state index contributed by atoms with van der Waals surface area (Å²) in [6.07, 6.45) is 0. The van der Waals surface area contributed by atoms with E-state index in [2.05, 4.69) is 35.6 Å². The lowest BCUT2D eigenvalue weighted by atomic mass is 10.3. The molecule has 7 heteroatoms. The molecule has 1 aromatic carbocycles. The maximum absolute atomic E-state index is 4.56. The number of rotatable bonds is 0. The van der Waals surface area contributed by atoms with Crippen molar-refractivity contribution in [3.8, 4) is 0 Å². The van der Waals surface area contributed by atoms with E-state index in [1.54, 1.807) is 12.1 Å². The normalized spacial score (nSPS) is 11.1. The van der Waals surface area contributed by atoms with Crippen LogP contribution in [-0.4, -0.2) is 30.9 Å². The first-order chi connectivity index (χ1) is 6.45. The highest BCUT2D eigenvalue weighted by atomic mass is 16.6. The van der Waals surface area contributed by atoms with Crippen LogP contribution in [0.1, 0.15) is 0 Å². The van der Waals surface area contributed by atoms with Crippen LogP contribution in [0.4, 0.5) is 0 Å². The van der Waals surface area contributed by atoms with Crippen LogP contribution in [0.25, 0.3) is 22.1 Å². The molecule has 7 nitrogen and oxygen atoms in total. The van der Waals surface area contributed by atoms with E-state index in [1.165, 1.54) is 0 Å². The molecule has 2 heterocycles. The Kier molecular flexibility index (Phi) is 1.05. The molecule has 0 fully saturated rings. The second-order valence-corrected chi connectivity index (χ2v) is 2.44. The molecule has 0 aliphatic heterocycles. The first-order valence-corrected chi connectivity index (χ1v) is 3.52. The molecule has 0 saturated heterocycles. The van der Waals surface area contributed by atoms with Gasteiger partial charge in [-0.25, -0.2) is 4.63 Å². The largest absolute Gasteiger partial charge is 0.243 e. The van der Waals surface area contributed by atoms with Gasteiger partial charge in [0, 0.05) is 0 Å². The molecule has 0 atom stereocenters. The minimum Gasteiger partial charge on any atom is -0.243 e. The fourth-order valence-electron chi connectivity index (χ4n) is 1.14. The van der Waals surface area contributed by atoms with Crippen LogP contribution in [0.15, 0.2) is 16.8 Å². The highest BCUT2D eigenvalue weighted by Gasteiger charge is 2.07. The van der Waals surface area contributed by atoms with Gasteiger partial charge in [0.2, 0.25) is 0 Å². The zero-order valence-corrected chi connectivity index (χ0v) is 6.25. The Morgan fingerprint density at radius 1 is 0.846 bits per heavy atom. The van der Waals surface area contributed by atoms with E-state index in [9.17, 15) is 0 Å². The summed E-state index contributed by atoms with van der Waals surface area (Å²) >= 11 is 0. The van der Waals surface area contributed by atoms with Crippen molar-refractivity contribution in [3.05, 3.63) is 12.1 Å². The monoisotopic (exact) mass is 174 g/mol. The number of hydrogen-bond donors (Lipinski definition) is 0. The molecule has 2 aromatic heterocycles. The van der Waals surface area contributed by atoms with Gasteiger partial charge in [0.25, 0.3) is 0 Å². The molecule has 0 unspecified atom stereocenters. The van der Waals surface area contributed by atoms with Crippen molar-refractivity contribution < 1.29 is 4.63 Å². The molecule has 0 spiro atoms. The zero-order valence-electron chi connectivity index (χ0n) is 6.25. The fraction of sp³-hybridized carbons (Fsp3) is 0. The third kappa shape index (κ3) is 0.776. The Hall–Kier alpha value is -2.18. The Balaban J connectivity index is 2.65. The first kappa shape index (κ1) is 6.35. The van der Waals surface area contributed by atoms with Crippen molar-refractivity contribution in [2.45, 2.75) is 0 Å².